The van der Waals surface area contributed by atoms with E-state index < -0.39 is 0 Å². The predicted molar refractivity (Wildman–Crippen MR) is 101 cm³/mol. The van der Waals surface area contributed by atoms with Crippen molar-refractivity contribution in [1.29, 1.82) is 0 Å². The highest BCUT2D eigenvalue weighted by Gasteiger charge is 2.15. The lowest BCUT2D eigenvalue weighted by molar-refractivity contribution is -0.121. The molecule has 2 heteroatoms. The summed E-state index contributed by atoms with van der Waals surface area (Å²) in [6, 6.07) is 14.8. The van der Waals surface area contributed by atoms with Gasteiger partial charge in [-0.1, -0.05) is 68.8 Å². The Balaban J connectivity index is 2.02. The fourth-order valence-electron chi connectivity index (χ4n) is 2.81. The minimum atomic E-state index is 0.0108. The number of aryl methyl sites for hydroxylation is 2. The first-order valence-electron chi connectivity index (χ1n) is 8.63. The number of hydrogen-bond acceptors (Lipinski definition) is 1. The van der Waals surface area contributed by atoms with Crippen LogP contribution in [-0.2, 0) is 16.6 Å². The van der Waals surface area contributed by atoms with Crippen LogP contribution in [0.25, 0.3) is 0 Å². The van der Waals surface area contributed by atoms with Crippen LogP contribution >= 0.6 is 0 Å². The number of nitrogens with one attached hydrogen (secondary N) is 1. The van der Waals surface area contributed by atoms with Crippen molar-refractivity contribution in [1.82, 2.24) is 5.32 Å². The van der Waals surface area contributed by atoms with Gasteiger partial charge in [-0.05, 0) is 48.4 Å². The van der Waals surface area contributed by atoms with E-state index >= 15 is 0 Å². The van der Waals surface area contributed by atoms with Gasteiger partial charge in [-0.3, -0.25) is 4.79 Å². The van der Waals surface area contributed by atoms with Crippen molar-refractivity contribution < 1.29 is 4.79 Å². The van der Waals surface area contributed by atoms with Crippen molar-refractivity contribution in [3.8, 4) is 0 Å². The van der Waals surface area contributed by atoms with Crippen molar-refractivity contribution in [3.05, 3.63) is 70.3 Å². The molecule has 0 aliphatic carbocycles. The summed E-state index contributed by atoms with van der Waals surface area (Å²) in [5, 5.41) is 3.11. The number of hydrogen-bond donors (Lipinski definition) is 1. The molecule has 2 rings (SSSR count). The zero-order chi connectivity index (χ0) is 17.9. The highest BCUT2D eigenvalue weighted by atomic mass is 16.1. The number of carbonyl (C=O) groups excluding carboxylic acids is 1. The largest absolute Gasteiger partial charge is 0.349 e. The third-order valence-electron chi connectivity index (χ3n) is 4.51. The average molecular weight is 323 g/mol. The Morgan fingerprint density at radius 3 is 2.25 bits per heavy atom. The van der Waals surface area contributed by atoms with E-state index in [0.29, 0.717) is 6.42 Å². The second-order valence-electron chi connectivity index (χ2n) is 7.77. The summed E-state index contributed by atoms with van der Waals surface area (Å²) in [5.41, 5.74) is 6.04. The second kappa shape index (κ2) is 7.21. The van der Waals surface area contributed by atoms with Crippen LogP contribution in [0.15, 0.2) is 42.5 Å². The van der Waals surface area contributed by atoms with Crippen LogP contribution in [-0.4, -0.2) is 5.91 Å². The summed E-state index contributed by atoms with van der Waals surface area (Å²) in [6.07, 6.45) is 0.429. The highest BCUT2D eigenvalue weighted by molar-refractivity contribution is 5.79. The molecule has 2 aromatic rings. The van der Waals surface area contributed by atoms with Crippen LogP contribution in [0, 0.1) is 13.8 Å². The molecular formula is C22H29NO. The van der Waals surface area contributed by atoms with E-state index in [2.05, 4.69) is 82.4 Å². The first-order valence-corrected chi connectivity index (χ1v) is 8.63. The summed E-state index contributed by atoms with van der Waals surface area (Å²) in [7, 11) is 0. The first kappa shape index (κ1) is 18.3. The van der Waals surface area contributed by atoms with Crippen LogP contribution in [0.4, 0.5) is 0 Å². The van der Waals surface area contributed by atoms with E-state index in [1.807, 2.05) is 6.92 Å². The molecule has 0 fully saturated rings. The van der Waals surface area contributed by atoms with Gasteiger partial charge in [0.05, 0.1) is 12.5 Å². The lowest BCUT2D eigenvalue weighted by Gasteiger charge is -2.21. The van der Waals surface area contributed by atoms with Crippen LogP contribution in [0.1, 0.15) is 61.6 Å². The van der Waals surface area contributed by atoms with Gasteiger partial charge in [0.1, 0.15) is 0 Å². The fourth-order valence-corrected chi connectivity index (χ4v) is 2.81. The van der Waals surface area contributed by atoms with Gasteiger partial charge in [0.2, 0.25) is 5.91 Å². The van der Waals surface area contributed by atoms with Gasteiger partial charge in [0.25, 0.3) is 0 Å². The molecule has 0 spiro atoms. The monoisotopic (exact) mass is 323 g/mol. The normalized spacial score (nSPS) is 12.8. The van der Waals surface area contributed by atoms with Gasteiger partial charge in [-0.15, -0.1) is 0 Å². The SMILES string of the molecule is Cc1ccc(C)c(CC(=O)N[C@H](C)c2ccc(C(C)(C)C)cc2)c1. The number of carbonyl (C=O) groups is 1. The summed E-state index contributed by atoms with van der Waals surface area (Å²) in [6.45, 7) is 12.8. The molecule has 0 aromatic heterocycles. The van der Waals surface area contributed by atoms with E-state index in [9.17, 15) is 4.79 Å². The lowest BCUT2D eigenvalue weighted by atomic mass is 9.86. The van der Waals surface area contributed by atoms with Gasteiger partial charge in [0, 0.05) is 0 Å². The molecule has 0 bridgehead atoms. The topological polar surface area (TPSA) is 29.1 Å². The Kier molecular flexibility index (Phi) is 5.48. The average Bonchev–Trinajstić information content (AvgIpc) is 2.50. The van der Waals surface area contributed by atoms with Crippen molar-refractivity contribution in [3.63, 3.8) is 0 Å². The van der Waals surface area contributed by atoms with Crippen LogP contribution in [0.5, 0.6) is 0 Å². The molecule has 0 heterocycles. The van der Waals surface area contributed by atoms with E-state index in [4.69, 9.17) is 0 Å². The summed E-state index contributed by atoms with van der Waals surface area (Å²) in [5.74, 6) is 0.0658. The van der Waals surface area contributed by atoms with Gasteiger partial charge in [-0.2, -0.15) is 0 Å². The van der Waals surface area contributed by atoms with Gasteiger partial charge >= 0.3 is 0 Å². The van der Waals surface area contributed by atoms with E-state index in [1.165, 1.54) is 11.1 Å². The molecular weight excluding hydrogens is 294 g/mol. The fraction of sp³-hybridized carbons (Fsp3) is 0.409. The molecule has 2 nitrogen and oxygen atoms in total. The van der Waals surface area contributed by atoms with Crippen molar-refractivity contribution in [2.45, 2.75) is 59.4 Å². The molecule has 0 radical (unpaired) electrons. The minimum Gasteiger partial charge on any atom is -0.349 e. The van der Waals surface area contributed by atoms with E-state index in [-0.39, 0.29) is 17.4 Å². The van der Waals surface area contributed by atoms with Crippen LogP contribution < -0.4 is 5.32 Å². The maximum atomic E-state index is 12.4. The maximum Gasteiger partial charge on any atom is 0.224 e. The van der Waals surface area contributed by atoms with Crippen LogP contribution in [0.3, 0.4) is 0 Å². The summed E-state index contributed by atoms with van der Waals surface area (Å²) in [4.78, 5) is 12.4. The van der Waals surface area contributed by atoms with Crippen molar-refractivity contribution in [2.24, 2.45) is 0 Å². The Morgan fingerprint density at radius 1 is 1.04 bits per heavy atom. The van der Waals surface area contributed by atoms with E-state index in [1.54, 1.807) is 0 Å². The molecule has 0 saturated carbocycles. The molecule has 0 unspecified atom stereocenters. The third-order valence-corrected chi connectivity index (χ3v) is 4.51. The molecule has 0 aliphatic heterocycles. The van der Waals surface area contributed by atoms with E-state index in [0.717, 1.165) is 16.7 Å². The molecule has 1 N–H and O–H groups in total. The summed E-state index contributed by atoms with van der Waals surface area (Å²) >= 11 is 0. The Bertz CT molecular complexity index is 708. The molecule has 2 aromatic carbocycles. The molecule has 0 saturated heterocycles. The quantitative estimate of drug-likeness (QED) is 0.841. The predicted octanol–water partition coefficient (Wildman–Crippen LogP) is 5.02. The number of amides is 1. The van der Waals surface area contributed by atoms with Gasteiger partial charge < -0.3 is 5.32 Å². The Labute approximate surface area is 146 Å². The van der Waals surface area contributed by atoms with Gasteiger partial charge in [0.15, 0.2) is 0 Å². The number of rotatable bonds is 4. The molecule has 1 amide bonds. The zero-order valence-corrected chi connectivity index (χ0v) is 15.7. The Morgan fingerprint density at radius 2 is 1.67 bits per heavy atom. The standard InChI is InChI=1S/C22H29NO/c1-15-7-8-16(2)19(13-15)14-21(24)23-17(3)18-9-11-20(12-10-18)22(4,5)6/h7-13,17H,14H2,1-6H3,(H,23,24)/t17-/m1/s1. The Hall–Kier alpha value is -2.09. The smallest absolute Gasteiger partial charge is 0.224 e. The zero-order valence-electron chi connectivity index (χ0n) is 15.7. The first-order chi connectivity index (χ1) is 11.2. The second-order valence-corrected chi connectivity index (χ2v) is 7.77. The lowest BCUT2D eigenvalue weighted by Crippen LogP contribution is -2.28. The van der Waals surface area contributed by atoms with Crippen LogP contribution in [0.2, 0.25) is 0 Å². The third kappa shape index (κ3) is 4.70. The maximum absolute atomic E-state index is 12.4. The molecule has 1 atom stereocenters. The minimum absolute atomic E-state index is 0.0108. The molecule has 0 aliphatic rings. The molecule has 24 heavy (non-hydrogen) atoms. The number of benzene rings is 2. The highest BCUT2D eigenvalue weighted by Crippen LogP contribution is 2.24. The molecule has 128 valence electrons. The van der Waals surface area contributed by atoms with Crippen molar-refractivity contribution in [2.75, 3.05) is 0 Å². The van der Waals surface area contributed by atoms with Crippen molar-refractivity contribution >= 4 is 5.91 Å². The van der Waals surface area contributed by atoms with Gasteiger partial charge in [-0.25, -0.2) is 0 Å². The summed E-state index contributed by atoms with van der Waals surface area (Å²) < 4.78 is 0.